The molecule has 0 atom stereocenters. The number of rotatable bonds is 2. The van der Waals surface area contributed by atoms with E-state index in [2.05, 4.69) is 6.92 Å². The summed E-state index contributed by atoms with van der Waals surface area (Å²) in [6.07, 6.45) is 5.12. The zero-order valence-corrected chi connectivity index (χ0v) is 7.97. The number of carbonyl (C=O) groups is 1. The molecule has 0 heterocycles. The van der Waals surface area contributed by atoms with Gasteiger partial charge in [0.1, 0.15) is 0 Å². The highest BCUT2D eigenvalue weighted by Gasteiger charge is 2.36. The molecule has 1 N–H and O–H groups in total. The highest BCUT2D eigenvalue weighted by Crippen LogP contribution is 2.39. The summed E-state index contributed by atoms with van der Waals surface area (Å²) in [6, 6.07) is 0. The summed E-state index contributed by atoms with van der Waals surface area (Å²) in [7, 11) is 0. The molecular weight excluding hydrogens is 152 g/mol. The lowest BCUT2D eigenvalue weighted by molar-refractivity contribution is -0.150. The predicted molar refractivity (Wildman–Crippen MR) is 48.0 cm³/mol. The zero-order valence-electron chi connectivity index (χ0n) is 7.97. The average molecular weight is 170 g/mol. The van der Waals surface area contributed by atoms with E-state index < -0.39 is 11.4 Å². The predicted octanol–water partition coefficient (Wildman–Crippen LogP) is 2.68. The third-order valence-electron chi connectivity index (χ3n) is 3.30. The molecule has 1 saturated carbocycles. The maximum atomic E-state index is 10.9. The van der Waals surface area contributed by atoms with Gasteiger partial charge < -0.3 is 5.11 Å². The van der Waals surface area contributed by atoms with Crippen LogP contribution in [0.15, 0.2) is 0 Å². The van der Waals surface area contributed by atoms with E-state index >= 15 is 0 Å². The molecule has 0 aromatic rings. The quantitative estimate of drug-likeness (QED) is 0.691. The van der Waals surface area contributed by atoms with Gasteiger partial charge in [-0.2, -0.15) is 0 Å². The summed E-state index contributed by atoms with van der Waals surface area (Å²) in [5.41, 5.74) is -0.425. The second-order valence-electron chi connectivity index (χ2n) is 4.22. The van der Waals surface area contributed by atoms with Crippen LogP contribution in [-0.4, -0.2) is 11.1 Å². The van der Waals surface area contributed by atoms with Crippen LogP contribution in [0.3, 0.4) is 0 Å². The van der Waals surface area contributed by atoms with E-state index in [1.54, 1.807) is 0 Å². The van der Waals surface area contributed by atoms with Gasteiger partial charge in [-0.05, 0) is 38.5 Å². The summed E-state index contributed by atoms with van der Waals surface area (Å²) >= 11 is 0. The van der Waals surface area contributed by atoms with Crippen LogP contribution in [0.5, 0.6) is 0 Å². The van der Waals surface area contributed by atoms with Crippen LogP contribution >= 0.6 is 0 Å². The standard InChI is InChI=1S/C10H18O2/c1-3-8-4-6-10(2,7-5-8)9(11)12/h8H,3-7H2,1-2H3,(H,11,12). The van der Waals surface area contributed by atoms with Crippen LogP contribution in [-0.2, 0) is 4.79 Å². The molecule has 0 radical (unpaired) electrons. The molecule has 1 fully saturated rings. The highest BCUT2D eigenvalue weighted by molar-refractivity contribution is 5.74. The van der Waals surface area contributed by atoms with Crippen molar-refractivity contribution < 1.29 is 9.90 Å². The largest absolute Gasteiger partial charge is 0.481 e. The number of carboxylic acid groups (broad SMARTS) is 1. The Hall–Kier alpha value is -0.530. The second-order valence-corrected chi connectivity index (χ2v) is 4.22. The summed E-state index contributed by atoms with van der Waals surface area (Å²) < 4.78 is 0. The van der Waals surface area contributed by atoms with E-state index in [4.69, 9.17) is 5.11 Å². The maximum absolute atomic E-state index is 10.9. The smallest absolute Gasteiger partial charge is 0.309 e. The van der Waals surface area contributed by atoms with Crippen molar-refractivity contribution >= 4 is 5.97 Å². The van der Waals surface area contributed by atoms with Crippen molar-refractivity contribution in [3.05, 3.63) is 0 Å². The van der Waals surface area contributed by atoms with Gasteiger partial charge in [-0.3, -0.25) is 4.79 Å². The fraction of sp³-hybridized carbons (Fsp3) is 0.900. The fourth-order valence-corrected chi connectivity index (χ4v) is 1.94. The van der Waals surface area contributed by atoms with Gasteiger partial charge in [0.2, 0.25) is 0 Å². The molecule has 70 valence electrons. The molecule has 0 saturated heterocycles. The molecule has 0 aliphatic heterocycles. The maximum Gasteiger partial charge on any atom is 0.309 e. The third-order valence-corrected chi connectivity index (χ3v) is 3.30. The van der Waals surface area contributed by atoms with E-state index in [-0.39, 0.29) is 0 Å². The minimum atomic E-state index is -0.614. The molecule has 2 nitrogen and oxygen atoms in total. The third kappa shape index (κ3) is 1.79. The normalized spacial score (nSPS) is 36.3. The Morgan fingerprint density at radius 1 is 1.50 bits per heavy atom. The Bertz CT molecular complexity index is 167. The minimum absolute atomic E-state index is 0.425. The molecular formula is C10H18O2. The van der Waals surface area contributed by atoms with E-state index in [9.17, 15) is 4.79 Å². The monoisotopic (exact) mass is 170 g/mol. The van der Waals surface area contributed by atoms with Crippen molar-refractivity contribution in [1.82, 2.24) is 0 Å². The Balaban J connectivity index is 2.49. The van der Waals surface area contributed by atoms with Crippen LogP contribution in [0.4, 0.5) is 0 Å². The van der Waals surface area contributed by atoms with Crippen LogP contribution < -0.4 is 0 Å². The number of aliphatic carboxylic acids is 1. The first kappa shape index (κ1) is 9.56. The lowest BCUT2D eigenvalue weighted by Crippen LogP contribution is -2.32. The summed E-state index contributed by atoms with van der Waals surface area (Å²) in [4.78, 5) is 10.9. The van der Waals surface area contributed by atoms with Gasteiger partial charge in [0.15, 0.2) is 0 Å². The summed E-state index contributed by atoms with van der Waals surface area (Å²) in [6.45, 7) is 4.06. The van der Waals surface area contributed by atoms with E-state index in [0.717, 1.165) is 31.6 Å². The Kier molecular flexibility index (Phi) is 2.76. The molecule has 0 amide bonds. The molecule has 12 heavy (non-hydrogen) atoms. The fourth-order valence-electron chi connectivity index (χ4n) is 1.94. The number of hydrogen-bond donors (Lipinski definition) is 1. The van der Waals surface area contributed by atoms with Gasteiger partial charge in [-0.15, -0.1) is 0 Å². The second kappa shape index (κ2) is 3.46. The molecule has 1 aliphatic carbocycles. The van der Waals surface area contributed by atoms with Gasteiger partial charge >= 0.3 is 5.97 Å². The first-order valence-electron chi connectivity index (χ1n) is 4.82. The molecule has 1 aliphatic rings. The van der Waals surface area contributed by atoms with Gasteiger partial charge in [0.25, 0.3) is 0 Å². The van der Waals surface area contributed by atoms with Crippen molar-refractivity contribution in [2.24, 2.45) is 11.3 Å². The van der Waals surface area contributed by atoms with Gasteiger partial charge in [0, 0.05) is 0 Å². The lowest BCUT2D eigenvalue weighted by atomic mass is 9.71. The van der Waals surface area contributed by atoms with Gasteiger partial charge in [-0.1, -0.05) is 13.3 Å². The van der Waals surface area contributed by atoms with Crippen LogP contribution in [0.25, 0.3) is 0 Å². The topological polar surface area (TPSA) is 37.3 Å². The van der Waals surface area contributed by atoms with Crippen LogP contribution in [0.2, 0.25) is 0 Å². The van der Waals surface area contributed by atoms with Gasteiger partial charge in [-0.25, -0.2) is 0 Å². The average Bonchev–Trinajstić information content (AvgIpc) is 2.06. The van der Waals surface area contributed by atoms with Crippen molar-refractivity contribution in [1.29, 1.82) is 0 Å². The molecule has 2 heteroatoms. The van der Waals surface area contributed by atoms with E-state index in [0.29, 0.717) is 0 Å². The van der Waals surface area contributed by atoms with Crippen molar-refractivity contribution in [2.75, 3.05) is 0 Å². The lowest BCUT2D eigenvalue weighted by Gasteiger charge is -2.33. The van der Waals surface area contributed by atoms with Crippen molar-refractivity contribution in [3.63, 3.8) is 0 Å². The molecule has 0 bridgehead atoms. The van der Waals surface area contributed by atoms with Crippen LogP contribution in [0, 0.1) is 11.3 Å². The Morgan fingerprint density at radius 2 is 2.00 bits per heavy atom. The summed E-state index contributed by atoms with van der Waals surface area (Å²) in [5.74, 6) is 0.162. The molecule has 1 rings (SSSR count). The number of hydrogen-bond acceptors (Lipinski definition) is 1. The molecule has 0 spiro atoms. The summed E-state index contributed by atoms with van der Waals surface area (Å²) in [5, 5.41) is 8.96. The van der Waals surface area contributed by atoms with E-state index in [1.807, 2.05) is 6.92 Å². The Morgan fingerprint density at radius 3 is 2.33 bits per heavy atom. The zero-order chi connectivity index (χ0) is 9.19. The van der Waals surface area contributed by atoms with Gasteiger partial charge in [0.05, 0.1) is 5.41 Å². The van der Waals surface area contributed by atoms with Crippen LogP contribution in [0.1, 0.15) is 46.0 Å². The van der Waals surface area contributed by atoms with Crippen molar-refractivity contribution in [3.8, 4) is 0 Å². The highest BCUT2D eigenvalue weighted by atomic mass is 16.4. The first-order chi connectivity index (χ1) is 5.58. The van der Waals surface area contributed by atoms with E-state index in [1.165, 1.54) is 6.42 Å². The SMILES string of the molecule is CCC1CCC(C)(C(=O)O)CC1. The molecule has 0 unspecified atom stereocenters. The molecule has 0 aromatic carbocycles. The van der Waals surface area contributed by atoms with Crippen molar-refractivity contribution in [2.45, 2.75) is 46.0 Å². The Labute approximate surface area is 74.0 Å². The number of carboxylic acids is 1. The first-order valence-corrected chi connectivity index (χ1v) is 4.82. The minimum Gasteiger partial charge on any atom is -0.481 e. The molecule has 0 aromatic heterocycles.